The molecule has 2 rings (SSSR count). The van der Waals surface area contributed by atoms with Crippen LogP contribution in [0.4, 0.5) is 13.2 Å². The summed E-state index contributed by atoms with van der Waals surface area (Å²) in [4.78, 5) is 0. The standard InChI is InChI=1S/C14H11Cl2F3N2/c15-10-4-8(17)2-1-7(10)3-14(21-20)9-5-13(19)11(16)6-12(9)18/h1-2,4-6,14,21H,3,20H2. The maximum atomic E-state index is 13.9. The van der Waals surface area contributed by atoms with Crippen molar-refractivity contribution in [2.45, 2.75) is 12.5 Å². The second kappa shape index (κ2) is 6.66. The van der Waals surface area contributed by atoms with Crippen LogP contribution in [0.25, 0.3) is 0 Å². The molecule has 2 nitrogen and oxygen atoms in total. The first-order valence-electron chi connectivity index (χ1n) is 5.97. The van der Waals surface area contributed by atoms with E-state index in [9.17, 15) is 13.2 Å². The Morgan fingerprint density at radius 1 is 1.00 bits per heavy atom. The molecule has 7 heteroatoms. The monoisotopic (exact) mass is 334 g/mol. The first kappa shape index (κ1) is 16.1. The van der Waals surface area contributed by atoms with Gasteiger partial charge in [-0.05, 0) is 36.2 Å². The SMILES string of the molecule is NNC(Cc1ccc(F)cc1Cl)c1cc(F)c(Cl)cc1F. The Morgan fingerprint density at radius 3 is 2.33 bits per heavy atom. The first-order chi connectivity index (χ1) is 9.92. The highest BCUT2D eigenvalue weighted by molar-refractivity contribution is 6.31. The smallest absolute Gasteiger partial charge is 0.142 e. The van der Waals surface area contributed by atoms with Gasteiger partial charge in [0.15, 0.2) is 0 Å². The van der Waals surface area contributed by atoms with E-state index in [2.05, 4.69) is 5.43 Å². The van der Waals surface area contributed by atoms with E-state index in [0.29, 0.717) is 5.56 Å². The zero-order chi connectivity index (χ0) is 15.6. The van der Waals surface area contributed by atoms with Crippen LogP contribution >= 0.6 is 23.2 Å². The van der Waals surface area contributed by atoms with Gasteiger partial charge in [-0.3, -0.25) is 11.3 Å². The summed E-state index contributed by atoms with van der Waals surface area (Å²) in [7, 11) is 0. The molecule has 0 radical (unpaired) electrons. The van der Waals surface area contributed by atoms with Crippen LogP contribution in [0.2, 0.25) is 10.0 Å². The molecule has 0 saturated heterocycles. The van der Waals surface area contributed by atoms with Crippen molar-refractivity contribution in [2.75, 3.05) is 0 Å². The molecule has 0 bridgehead atoms. The Balaban J connectivity index is 2.34. The number of nitrogens with one attached hydrogen (secondary N) is 1. The quantitative estimate of drug-likeness (QED) is 0.500. The summed E-state index contributed by atoms with van der Waals surface area (Å²) in [6.07, 6.45) is 0.160. The summed E-state index contributed by atoms with van der Waals surface area (Å²) < 4.78 is 40.4. The number of halogens is 5. The summed E-state index contributed by atoms with van der Waals surface area (Å²) in [5, 5.41) is -0.128. The molecular weight excluding hydrogens is 324 g/mol. The maximum Gasteiger partial charge on any atom is 0.142 e. The van der Waals surface area contributed by atoms with Crippen molar-refractivity contribution in [1.82, 2.24) is 5.43 Å². The van der Waals surface area contributed by atoms with Crippen molar-refractivity contribution >= 4 is 23.2 Å². The number of hydrogen-bond acceptors (Lipinski definition) is 2. The zero-order valence-electron chi connectivity index (χ0n) is 10.6. The summed E-state index contributed by atoms with van der Waals surface area (Å²) in [5.41, 5.74) is 2.96. The second-order valence-corrected chi connectivity index (χ2v) is 5.26. The zero-order valence-corrected chi connectivity index (χ0v) is 12.2. The fraction of sp³-hybridized carbons (Fsp3) is 0.143. The summed E-state index contributed by atoms with van der Waals surface area (Å²) in [6, 6.07) is 4.95. The van der Waals surface area contributed by atoms with Crippen molar-refractivity contribution in [1.29, 1.82) is 0 Å². The van der Waals surface area contributed by atoms with Crippen LogP contribution in [-0.4, -0.2) is 0 Å². The predicted molar refractivity (Wildman–Crippen MR) is 76.5 cm³/mol. The number of hydrazine groups is 1. The van der Waals surface area contributed by atoms with Crippen LogP contribution in [0.3, 0.4) is 0 Å². The van der Waals surface area contributed by atoms with E-state index in [4.69, 9.17) is 29.0 Å². The highest BCUT2D eigenvalue weighted by Gasteiger charge is 2.19. The molecule has 112 valence electrons. The van der Waals surface area contributed by atoms with Crippen molar-refractivity contribution in [3.8, 4) is 0 Å². The van der Waals surface area contributed by atoms with Crippen LogP contribution in [-0.2, 0) is 6.42 Å². The topological polar surface area (TPSA) is 38.0 Å². The molecule has 2 aromatic rings. The van der Waals surface area contributed by atoms with Gasteiger partial charge in [0.2, 0.25) is 0 Å². The Labute approximate surface area is 129 Å². The highest BCUT2D eigenvalue weighted by Crippen LogP contribution is 2.28. The third-order valence-electron chi connectivity index (χ3n) is 3.06. The maximum absolute atomic E-state index is 13.9. The van der Waals surface area contributed by atoms with Gasteiger partial charge in [0.1, 0.15) is 17.5 Å². The van der Waals surface area contributed by atoms with Crippen molar-refractivity contribution < 1.29 is 13.2 Å². The molecule has 1 atom stereocenters. The van der Waals surface area contributed by atoms with E-state index < -0.39 is 23.5 Å². The lowest BCUT2D eigenvalue weighted by atomic mass is 9.98. The minimum Gasteiger partial charge on any atom is -0.271 e. The van der Waals surface area contributed by atoms with E-state index in [1.165, 1.54) is 12.1 Å². The second-order valence-electron chi connectivity index (χ2n) is 4.45. The van der Waals surface area contributed by atoms with Gasteiger partial charge >= 0.3 is 0 Å². The van der Waals surface area contributed by atoms with Crippen LogP contribution in [0, 0.1) is 17.5 Å². The fourth-order valence-electron chi connectivity index (χ4n) is 1.97. The van der Waals surface area contributed by atoms with Gasteiger partial charge in [0.05, 0.1) is 11.1 Å². The van der Waals surface area contributed by atoms with E-state index in [1.54, 1.807) is 0 Å². The predicted octanol–water partition coefficient (Wildman–Crippen LogP) is 4.16. The first-order valence-corrected chi connectivity index (χ1v) is 6.72. The number of rotatable bonds is 4. The van der Waals surface area contributed by atoms with Crippen molar-refractivity contribution in [2.24, 2.45) is 5.84 Å². The van der Waals surface area contributed by atoms with E-state index in [0.717, 1.165) is 18.2 Å². The van der Waals surface area contributed by atoms with Gasteiger partial charge in [-0.1, -0.05) is 29.3 Å². The minimum atomic E-state index is -0.751. The minimum absolute atomic E-state index is 0.0137. The Morgan fingerprint density at radius 2 is 1.71 bits per heavy atom. The molecule has 0 aliphatic rings. The van der Waals surface area contributed by atoms with Gasteiger partial charge in [-0.15, -0.1) is 0 Å². The Hall–Kier alpha value is -1.27. The molecule has 0 aliphatic heterocycles. The third kappa shape index (κ3) is 3.68. The number of hydrogen-bond donors (Lipinski definition) is 2. The lowest BCUT2D eigenvalue weighted by Gasteiger charge is -2.18. The lowest BCUT2D eigenvalue weighted by Crippen LogP contribution is -2.30. The Bertz CT molecular complexity index is 665. The number of benzene rings is 2. The summed E-state index contributed by atoms with van der Waals surface area (Å²) >= 11 is 11.4. The largest absolute Gasteiger partial charge is 0.271 e. The molecule has 0 fully saturated rings. The van der Waals surface area contributed by atoms with E-state index >= 15 is 0 Å². The normalized spacial score (nSPS) is 12.5. The summed E-state index contributed by atoms with van der Waals surface area (Å²) in [5.74, 6) is 3.48. The van der Waals surface area contributed by atoms with Gasteiger partial charge in [0.25, 0.3) is 0 Å². The highest BCUT2D eigenvalue weighted by atomic mass is 35.5. The molecule has 0 amide bonds. The number of nitrogens with two attached hydrogens (primary N) is 1. The van der Waals surface area contributed by atoms with Gasteiger partial charge in [0, 0.05) is 10.6 Å². The molecule has 0 aliphatic carbocycles. The lowest BCUT2D eigenvalue weighted by molar-refractivity contribution is 0.502. The van der Waals surface area contributed by atoms with Gasteiger partial charge < -0.3 is 0 Å². The molecule has 0 heterocycles. The molecule has 21 heavy (non-hydrogen) atoms. The average Bonchev–Trinajstić information content (AvgIpc) is 2.43. The molecule has 0 spiro atoms. The molecule has 3 N–H and O–H groups in total. The van der Waals surface area contributed by atoms with Crippen LogP contribution in [0.15, 0.2) is 30.3 Å². The van der Waals surface area contributed by atoms with Gasteiger partial charge in [-0.25, -0.2) is 13.2 Å². The molecule has 2 aromatic carbocycles. The van der Waals surface area contributed by atoms with E-state index in [-0.39, 0.29) is 22.0 Å². The van der Waals surface area contributed by atoms with Crippen LogP contribution in [0.5, 0.6) is 0 Å². The van der Waals surface area contributed by atoms with E-state index in [1.807, 2.05) is 0 Å². The molecule has 0 saturated carbocycles. The van der Waals surface area contributed by atoms with Crippen LogP contribution < -0.4 is 11.3 Å². The fourth-order valence-corrected chi connectivity index (χ4v) is 2.37. The molecule has 0 aromatic heterocycles. The summed E-state index contributed by atoms with van der Waals surface area (Å²) in [6.45, 7) is 0. The van der Waals surface area contributed by atoms with Gasteiger partial charge in [-0.2, -0.15) is 0 Å². The van der Waals surface area contributed by atoms with Crippen molar-refractivity contribution in [3.05, 3.63) is 69.0 Å². The van der Waals surface area contributed by atoms with Crippen LogP contribution in [0.1, 0.15) is 17.2 Å². The Kier molecular flexibility index (Phi) is 5.11. The molecular formula is C14H11Cl2F3N2. The molecule has 1 unspecified atom stereocenters. The average molecular weight is 335 g/mol. The third-order valence-corrected chi connectivity index (χ3v) is 3.70. The van der Waals surface area contributed by atoms with Crippen molar-refractivity contribution in [3.63, 3.8) is 0 Å².